The normalized spacial score (nSPS) is 10.5. The zero-order valence-corrected chi connectivity index (χ0v) is 13.7. The Morgan fingerprint density at radius 3 is 2.45 bits per heavy atom. The van der Waals surface area contributed by atoms with E-state index in [1.807, 2.05) is 19.1 Å². The summed E-state index contributed by atoms with van der Waals surface area (Å²) in [5, 5.41) is 3.49. The van der Waals surface area contributed by atoms with E-state index in [0.717, 1.165) is 18.9 Å². The summed E-state index contributed by atoms with van der Waals surface area (Å²) < 4.78 is 10.9. The molecule has 0 saturated heterocycles. The van der Waals surface area contributed by atoms with Crippen molar-refractivity contribution in [3.05, 3.63) is 59.2 Å². The molecule has 0 atom stereocenters. The Bertz CT molecular complexity index is 578. The van der Waals surface area contributed by atoms with E-state index in [-0.39, 0.29) is 0 Å². The van der Waals surface area contributed by atoms with Crippen molar-refractivity contribution >= 4 is 5.69 Å². The Labute approximate surface area is 133 Å². The fourth-order valence-corrected chi connectivity index (χ4v) is 2.19. The van der Waals surface area contributed by atoms with Gasteiger partial charge >= 0.3 is 0 Å². The molecule has 2 aromatic carbocycles. The van der Waals surface area contributed by atoms with Gasteiger partial charge in [0.05, 0.1) is 6.61 Å². The van der Waals surface area contributed by atoms with E-state index in [1.165, 1.54) is 22.4 Å². The summed E-state index contributed by atoms with van der Waals surface area (Å²) >= 11 is 0. The molecule has 0 fully saturated rings. The lowest BCUT2D eigenvalue weighted by Gasteiger charge is -2.11. The highest BCUT2D eigenvalue weighted by Crippen LogP contribution is 2.18. The summed E-state index contributed by atoms with van der Waals surface area (Å²) in [6.45, 7) is 8.98. The largest absolute Gasteiger partial charge is 0.491 e. The van der Waals surface area contributed by atoms with Crippen LogP contribution in [0, 0.1) is 13.8 Å². The molecule has 3 nitrogen and oxygen atoms in total. The number of ether oxygens (including phenoxy) is 2. The standard InChI is InChI=1S/C19H25NO2/c1-4-21-11-12-22-18-9-7-17(8-10-18)14-20-19-13-15(2)5-6-16(19)3/h5-10,13,20H,4,11-12,14H2,1-3H3. The number of hydrogen-bond donors (Lipinski definition) is 1. The van der Waals surface area contributed by atoms with E-state index in [2.05, 4.69) is 49.5 Å². The first kappa shape index (κ1) is 16.4. The molecule has 0 saturated carbocycles. The third-order valence-electron chi connectivity index (χ3n) is 3.50. The van der Waals surface area contributed by atoms with E-state index >= 15 is 0 Å². The predicted molar refractivity (Wildman–Crippen MR) is 91.7 cm³/mol. The molecule has 2 aromatic rings. The second kappa shape index (κ2) is 8.44. The minimum Gasteiger partial charge on any atom is -0.491 e. The number of hydrogen-bond acceptors (Lipinski definition) is 3. The highest BCUT2D eigenvalue weighted by molar-refractivity contribution is 5.52. The SMILES string of the molecule is CCOCCOc1ccc(CNc2cc(C)ccc2C)cc1. The van der Waals surface area contributed by atoms with Crippen LogP contribution in [0.4, 0.5) is 5.69 Å². The van der Waals surface area contributed by atoms with E-state index < -0.39 is 0 Å². The van der Waals surface area contributed by atoms with Crippen molar-refractivity contribution in [1.29, 1.82) is 0 Å². The number of benzene rings is 2. The third kappa shape index (κ3) is 5.08. The van der Waals surface area contributed by atoms with Crippen molar-refractivity contribution in [2.45, 2.75) is 27.3 Å². The van der Waals surface area contributed by atoms with Gasteiger partial charge in [-0.2, -0.15) is 0 Å². The van der Waals surface area contributed by atoms with Crippen LogP contribution in [0.25, 0.3) is 0 Å². The van der Waals surface area contributed by atoms with Crippen LogP contribution in [0.5, 0.6) is 5.75 Å². The summed E-state index contributed by atoms with van der Waals surface area (Å²) in [6.07, 6.45) is 0. The molecule has 0 unspecified atom stereocenters. The molecule has 0 heterocycles. The van der Waals surface area contributed by atoms with E-state index in [0.29, 0.717) is 13.2 Å². The molecule has 0 amide bonds. The van der Waals surface area contributed by atoms with Crippen LogP contribution in [0.2, 0.25) is 0 Å². The zero-order chi connectivity index (χ0) is 15.8. The number of anilines is 1. The Morgan fingerprint density at radius 2 is 1.73 bits per heavy atom. The van der Waals surface area contributed by atoms with Crippen molar-refractivity contribution in [2.75, 3.05) is 25.1 Å². The smallest absolute Gasteiger partial charge is 0.119 e. The molecule has 118 valence electrons. The minimum atomic E-state index is 0.591. The van der Waals surface area contributed by atoms with E-state index in [4.69, 9.17) is 9.47 Å². The summed E-state index contributed by atoms with van der Waals surface area (Å²) in [7, 11) is 0. The second-order valence-corrected chi connectivity index (χ2v) is 5.36. The van der Waals surface area contributed by atoms with Gasteiger partial charge in [0.1, 0.15) is 12.4 Å². The summed E-state index contributed by atoms with van der Waals surface area (Å²) in [5.74, 6) is 0.884. The minimum absolute atomic E-state index is 0.591. The van der Waals surface area contributed by atoms with Gasteiger partial charge in [0.2, 0.25) is 0 Å². The molecule has 0 bridgehead atoms. The quantitative estimate of drug-likeness (QED) is 0.736. The van der Waals surface area contributed by atoms with Gasteiger partial charge in [-0.25, -0.2) is 0 Å². The maximum absolute atomic E-state index is 5.62. The van der Waals surface area contributed by atoms with Gasteiger partial charge in [-0.3, -0.25) is 0 Å². The highest BCUT2D eigenvalue weighted by Gasteiger charge is 2.00. The topological polar surface area (TPSA) is 30.5 Å². The molecule has 0 aliphatic rings. The number of nitrogens with one attached hydrogen (secondary N) is 1. The maximum atomic E-state index is 5.62. The van der Waals surface area contributed by atoms with Crippen LogP contribution in [0.3, 0.4) is 0 Å². The molecule has 22 heavy (non-hydrogen) atoms. The molecular weight excluding hydrogens is 274 g/mol. The monoisotopic (exact) mass is 299 g/mol. The van der Waals surface area contributed by atoms with Gasteiger partial charge < -0.3 is 14.8 Å². The molecule has 1 N–H and O–H groups in total. The molecule has 0 spiro atoms. The van der Waals surface area contributed by atoms with Gasteiger partial charge in [-0.1, -0.05) is 24.3 Å². The van der Waals surface area contributed by atoms with E-state index in [1.54, 1.807) is 0 Å². The average Bonchev–Trinajstić information content (AvgIpc) is 2.53. The van der Waals surface area contributed by atoms with Crippen LogP contribution >= 0.6 is 0 Å². The Balaban J connectivity index is 1.84. The Morgan fingerprint density at radius 1 is 0.955 bits per heavy atom. The van der Waals surface area contributed by atoms with Gasteiger partial charge in [0.15, 0.2) is 0 Å². The van der Waals surface area contributed by atoms with Crippen molar-refractivity contribution in [2.24, 2.45) is 0 Å². The molecule has 0 aliphatic carbocycles. The highest BCUT2D eigenvalue weighted by atomic mass is 16.5. The van der Waals surface area contributed by atoms with E-state index in [9.17, 15) is 0 Å². The first-order valence-electron chi connectivity index (χ1n) is 7.79. The molecule has 3 heteroatoms. The fraction of sp³-hybridized carbons (Fsp3) is 0.368. The van der Waals surface area contributed by atoms with Crippen molar-refractivity contribution in [3.8, 4) is 5.75 Å². The first-order chi connectivity index (χ1) is 10.7. The summed E-state index contributed by atoms with van der Waals surface area (Å²) in [4.78, 5) is 0. The molecular formula is C19H25NO2. The lowest BCUT2D eigenvalue weighted by molar-refractivity contribution is 0.110. The van der Waals surface area contributed by atoms with Crippen molar-refractivity contribution < 1.29 is 9.47 Å². The lowest BCUT2D eigenvalue weighted by atomic mass is 10.1. The zero-order valence-electron chi connectivity index (χ0n) is 13.7. The second-order valence-electron chi connectivity index (χ2n) is 5.36. The average molecular weight is 299 g/mol. The summed E-state index contributed by atoms with van der Waals surface area (Å²) in [6, 6.07) is 14.7. The molecule has 0 aromatic heterocycles. The van der Waals surface area contributed by atoms with Crippen LogP contribution in [0.15, 0.2) is 42.5 Å². The van der Waals surface area contributed by atoms with Gasteiger partial charge in [0, 0.05) is 18.8 Å². The Kier molecular flexibility index (Phi) is 6.28. The van der Waals surface area contributed by atoms with Crippen LogP contribution in [-0.4, -0.2) is 19.8 Å². The van der Waals surface area contributed by atoms with Crippen molar-refractivity contribution in [1.82, 2.24) is 0 Å². The number of rotatable bonds is 8. The fourth-order valence-electron chi connectivity index (χ4n) is 2.19. The van der Waals surface area contributed by atoms with Gasteiger partial charge in [0.25, 0.3) is 0 Å². The van der Waals surface area contributed by atoms with Gasteiger partial charge in [-0.05, 0) is 55.7 Å². The predicted octanol–water partition coefficient (Wildman–Crippen LogP) is 4.33. The third-order valence-corrected chi connectivity index (χ3v) is 3.50. The maximum Gasteiger partial charge on any atom is 0.119 e. The van der Waals surface area contributed by atoms with Crippen LogP contribution in [-0.2, 0) is 11.3 Å². The molecule has 2 rings (SSSR count). The Hall–Kier alpha value is -2.00. The first-order valence-corrected chi connectivity index (χ1v) is 7.79. The molecule has 0 aliphatic heterocycles. The molecule has 0 radical (unpaired) electrons. The van der Waals surface area contributed by atoms with Crippen LogP contribution < -0.4 is 10.1 Å². The van der Waals surface area contributed by atoms with Crippen molar-refractivity contribution in [3.63, 3.8) is 0 Å². The van der Waals surface area contributed by atoms with Gasteiger partial charge in [-0.15, -0.1) is 0 Å². The summed E-state index contributed by atoms with van der Waals surface area (Å²) in [5.41, 5.74) is 4.96. The van der Waals surface area contributed by atoms with Crippen LogP contribution in [0.1, 0.15) is 23.6 Å². The lowest BCUT2D eigenvalue weighted by Crippen LogP contribution is -2.06. The number of aryl methyl sites for hydroxylation is 2.